The van der Waals surface area contributed by atoms with Crippen LogP contribution in [0.25, 0.3) is 0 Å². The van der Waals surface area contributed by atoms with Gasteiger partial charge in [0.25, 0.3) is 0 Å². The smallest absolute Gasteiger partial charge is 0.228 e. The lowest BCUT2D eigenvalue weighted by atomic mass is 9.90. The van der Waals surface area contributed by atoms with Crippen molar-refractivity contribution in [2.24, 2.45) is 11.8 Å². The van der Waals surface area contributed by atoms with Gasteiger partial charge in [-0.25, -0.2) is 0 Å². The number of halogens is 1. The second-order valence-corrected chi connectivity index (χ2v) is 6.60. The molecule has 0 aromatic heterocycles. The first-order chi connectivity index (χ1) is 8.65. The van der Waals surface area contributed by atoms with E-state index in [2.05, 4.69) is 40.3 Å². The summed E-state index contributed by atoms with van der Waals surface area (Å²) in [7, 11) is 0. The molecule has 3 rings (SSSR count). The number of amides is 1. The predicted molar refractivity (Wildman–Crippen MR) is 76.9 cm³/mol. The van der Waals surface area contributed by atoms with Crippen molar-refractivity contribution in [1.82, 2.24) is 0 Å². The van der Waals surface area contributed by atoms with Crippen molar-refractivity contribution in [2.75, 3.05) is 5.32 Å². The summed E-state index contributed by atoms with van der Waals surface area (Å²) in [4.78, 5) is 11.8. The van der Waals surface area contributed by atoms with Crippen LogP contribution in [0.15, 0.2) is 18.2 Å². The molecule has 0 bridgehead atoms. The highest BCUT2D eigenvalue weighted by molar-refractivity contribution is 9.09. The number of rotatable bonds is 2. The van der Waals surface area contributed by atoms with Crippen LogP contribution in [0.4, 0.5) is 5.69 Å². The minimum absolute atomic E-state index is 0.113. The van der Waals surface area contributed by atoms with Gasteiger partial charge in [0.1, 0.15) is 0 Å². The summed E-state index contributed by atoms with van der Waals surface area (Å²) >= 11 is 3.87. The standard InChI is InChI=1S/C15H18BrNO/c1-9-3-2-4-12(9)15(16)10-5-6-13-11(7-10)8-14(18)17-13/h5-7,9,12,15H,2-4,8H2,1H3,(H,17,18). The summed E-state index contributed by atoms with van der Waals surface area (Å²) in [5.41, 5.74) is 3.46. The Labute approximate surface area is 116 Å². The number of carbonyl (C=O) groups excluding carboxylic acids is 1. The van der Waals surface area contributed by atoms with Crippen molar-refractivity contribution in [2.45, 2.75) is 37.4 Å². The lowest BCUT2D eigenvalue weighted by molar-refractivity contribution is -0.115. The summed E-state index contributed by atoms with van der Waals surface area (Å²) in [6, 6.07) is 6.38. The molecule has 0 spiro atoms. The van der Waals surface area contributed by atoms with Gasteiger partial charge in [-0.2, -0.15) is 0 Å². The molecule has 1 aromatic rings. The zero-order valence-corrected chi connectivity index (χ0v) is 12.2. The maximum absolute atomic E-state index is 11.4. The number of hydrogen-bond acceptors (Lipinski definition) is 1. The zero-order chi connectivity index (χ0) is 12.7. The topological polar surface area (TPSA) is 29.1 Å². The number of anilines is 1. The van der Waals surface area contributed by atoms with Gasteiger partial charge in [0.2, 0.25) is 5.91 Å². The Kier molecular flexibility index (Phi) is 3.18. The lowest BCUT2D eigenvalue weighted by Crippen LogP contribution is -2.10. The average molecular weight is 308 g/mol. The summed E-state index contributed by atoms with van der Waals surface area (Å²) in [5, 5.41) is 2.89. The van der Waals surface area contributed by atoms with Crippen LogP contribution in [0.2, 0.25) is 0 Å². The Morgan fingerprint density at radius 2 is 2.22 bits per heavy atom. The fraction of sp³-hybridized carbons (Fsp3) is 0.533. The van der Waals surface area contributed by atoms with Crippen molar-refractivity contribution >= 4 is 27.5 Å². The molecule has 3 unspecified atom stereocenters. The van der Waals surface area contributed by atoms with Gasteiger partial charge in [-0.3, -0.25) is 4.79 Å². The van der Waals surface area contributed by atoms with Crippen LogP contribution in [0.3, 0.4) is 0 Å². The zero-order valence-electron chi connectivity index (χ0n) is 10.6. The number of nitrogens with one attached hydrogen (secondary N) is 1. The highest BCUT2D eigenvalue weighted by atomic mass is 79.9. The quantitative estimate of drug-likeness (QED) is 0.820. The first-order valence-electron chi connectivity index (χ1n) is 6.72. The molecule has 1 amide bonds. The molecular formula is C15H18BrNO. The number of alkyl halides is 1. The third-order valence-corrected chi connectivity index (χ3v) is 5.58. The molecule has 18 heavy (non-hydrogen) atoms. The third-order valence-electron chi connectivity index (χ3n) is 4.38. The fourth-order valence-corrected chi connectivity index (χ4v) is 4.35. The molecule has 1 aliphatic heterocycles. The molecule has 96 valence electrons. The Morgan fingerprint density at radius 1 is 1.39 bits per heavy atom. The van der Waals surface area contributed by atoms with E-state index in [-0.39, 0.29) is 5.91 Å². The van der Waals surface area contributed by atoms with E-state index in [9.17, 15) is 4.79 Å². The summed E-state index contributed by atoms with van der Waals surface area (Å²) in [6.45, 7) is 2.35. The predicted octanol–water partition coefficient (Wildman–Crippen LogP) is 4.05. The molecule has 1 aliphatic carbocycles. The van der Waals surface area contributed by atoms with Gasteiger partial charge < -0.3 is 5.32 Å². The van der Waals surface area contributed by atoms with Crippen molar-refractivity contribution in [1.29, 1.82) is 0 Å². The van der Waals surface area contributed by atoms with Gasteiger partial charge in [-0.15, -0.1) is 0 Å². The van der Waals surface area contributed by atoms with Gasteiger partial charge >= 0.3 is 0 Å². The monoisotopic (exact) mass is 307 g/mol. The summed E-state index contributed by atoms with van der Waals surface area (Å²) in [6.07, 6.45) is 4.53. The minimum atomic E-state index is 0.113. The van der Waals surface area contributed by atoms with Gasteiger partial charge in [0.05, 0.1) is 6.42 Å². The second kappa shape index (κ2) is 4.69. The molecule has 1 saturated carbocycles. The SMILES string of the molecule is CC1CCCC1C(Br)c1ccc2c(c1)CC(=O)N2. The number of benzene rings is 1. The fourth-order valence-electron chi connectivity index (χ4n) is 3.28. The van der Waals surface area contributed by atoms with E-state index in [4.69, 9.17) is 0 Å². The molecule has 0 saturated heterocycles. The highest BCUT2D eigenvalue weighted by Crippen LogP contribution is 2.45. The molecule has 1 aromatic carbocycles. The minimum Gasteiger partial charge on any atom is -0.326 e. The van der Waals surface area contributed by atoms with E-state index in [1.54, 1.807) is 0 Å². The van der Waals surface area contributed by atoms with Crippen molar-refractivity contribution in [3.63, 3.8) is 0 Å². The Bertz CT molecular complexity index is 485. The van der Waals surface area contributed by atoms with E-state index >= 15 is 0 Å². The number of carbonyl (C=O) groups is 1. The number of fused-ring (bicyclic) bond motifs is 1. The van der Waals surface area contributed by atoms with Crippen molar-refractivity contribution in [3.05, 3.63) is 29.3 Å². The van der Waals surface area contributed by atoms with Gasteiger partial charge in [0, 0.05) is 10.5 Å². The van der Waals surface area contributed by atoms with Crippen LogP contribution in [-0.2, 0) is 11.2 Å². The van der Waals surface area contributed by atoms with Crippen LogP contribution in [-0.4, -0.2) is 5.91 Å². The van der Waals surface area contributed by atoms with E-state index in [1.807, 2.05) is 6.07 Å². The van der Waals surface area contributed by atoms with Crippen molar-refractivity contribution in [3.8, 4) is 0 Å². The van der Waals surface area contributed by atoms with E-state index in [0.29, 0.717) is 11.2 Å². The van der Waals surface area contributed by atoms with Crippen LogP contribution in [0, 0.1) is 11.8 Å². The molecule has 1 N–H and O–H groups in total. The molecule has 1 heterocycles. The lowest BCUT2D eigenvalue weighted by Gasteiger charge is -2.22. The number of hydrogen-bond donors (Lipinski definition) is 1. The van der Waals surface area contributed by atoms with Crippen LogP contribution >= 0.6 is 15.9 Å². The molecule has 0 radical (unpaired) electrons. The van der Waals surface area contributed by atoms with Gasteiger partial charge in [-0.1, -0.05) is 47.8 Å². The maximum atomic E-state index is 11.4. The van der Waals surface area contributed by atoms with Gasteiger partial charge in [0.15, 0.2) is 0 Å². The van der Waals surface area contributed by atoms with Crippen molar-refractivity contribution < 1.29 is 4.79 Å². The normalized spacial score (nSPS) is 28.0. The first kappa shape index (κ1) is 12.2. The maximum Gasteiger partial charge on any atom is 0.228 e. The Morgan fingerprint density at radius 3 is 2.94 bits per heavy atom. The second-order valence-electron chi connectivity index (χ2n) is 5.62. The average Bonchev–Trinajstić information content (AvgIpc) is 2.91. The molecule has 2 aliphatic rings. The molecule has 3 heteroatoms. The molecule has 2 nitrogen and oxygen atoms in total. The molecule has 1 fully saturated rings. The highest BCUT2D eigenvalue weighted by Gasteiger charge is 2.31. The third kappa shape index (κ3) is 2.09. The van der Waals surface area contributed by atoms with Crippen LogP contribution < -0.4 is 5.32 Å². The van der Waals surface area contributed by atoms with Crippen LogP contribution in [0.5, 0.6) is 0 Å². The Hall–Kier alpha value is -0.830. The van der Waals surface area contributed by atoms with E-state index in [0.717, 1.165) is 23.1 Å². The van der Waals surface area contributed by atoms with E-state index in [1.165, 1.54) is 24.8 Å². The summed E-state index contributed by atoms with van der Waals surface area (Å²) in [5.74, 6) is 1.64. The molecule has 3 atom stereocenters. The van der Waals surface area contributed by atoms with Crippen LogP contribution in [0.1, 0.15) is 42.1 Å². The van der Waals surface area contributed by atoms with Gasteiger partial charge in [-0.05, 0) is 35.4 Å². The summed E-state index contributed by atoms with van der Waals surface area (Å²) < 4.78 is 0. The Balaban J connectivity index is 1.85. The first-order valence-corrected chi connectivity index (χ1v) is 7.63. The van der Waals surface area contributed by atoms with E-state index < -0.39 is 0 Å². The largest absolute Gasteiger partial charge is 0.326 e. The molecular weight excluding hydrogens is 290 g/mol.